The summed E-state index contributed by atoms with van der Waals surface area (Å²) in [4.78, 5) is 24.7. The van der Waals surface area contributed by atoms with Gasteiger partial charge in [-0.25, -0.2) is 9.78 Å². The van der Waals surface area contributed by atoms with Gasteiger partial charge in [-0.3, -0.25) is 4.57 Å². The lowest BCUT2D eigenvalue weighted by molar-refractivity contribution is -0.0309. The number of imidazole rings is 1. The molecule has 3 heterocycles. The number of carbonyl (C=O) groups excluding carboxylic acids is 1. The van der Waals surface area contributed by atoms with E-state index in [1.54, 1.807) is 35.2 Å². The zero-order chi connectivity index (χ0) is 18.8. The number of ether oxygens (including phenoxy) is 3. The van der Waals surface area contributed by atoms with Gasteiger partial charge in [0.25, 0.3) is 0 Å². The molecule has 0 saturated carbocycles. The van der Waals surface area contributed by atoms with Crippen LogP contribution >= 0.6 is 0 Å². The van der Waals surface area contributed by atoms with Crippen molar-refractivity contribution in [3.63, 3.8) is 0 Å². The highest BCUT2D eigenvalue weighted by molar-refractivity contribution is 5.89. The lowest BCUT2D eigenvalue weighted by Crippen LogP contribution is -2.19. The van der Waals surface area contributed by atoms with Crippen LogP contribution in [0.15, 0.2) is 36.7 Å². The number of hydrogen-bond donors (Lipinski definition) is 1. The molecule has 1 aliphatic heterocycles. The molecule has 2 atom stereocenters. The van der Waals surface area contributed by atoms with Crippen molar-refractivity contribution in [3.8, 4) is 6.01 Å². The van der Waals surface area contributed by atoms with E-state index in [9.17, 15) is 4.79 Å². The molecular formula is C18H19N5O4. The van der Waals surface area contributed by atoms with Crippen molar-refractivity contribution in [2.45, 2.75) is 25.2 Å². The van der Waals surface area contributed by atoms with Crippen LogP contribution in [0.5, 0.6) is 6.01 Å². The standard InChI is InChI=1S/C18H19N5O4/c1-25-18-21-15(19)14-16(22-18)23(10-20-14)13-8-7-12(27-13)9-26-17(24)11-5-3-2-4-6-11/h2-6,10,12-13H,7-9H2,1H3,(H2,19,21,22)/t12-,13?/m0/s1. The number of aromatic nitrogens is 4. The van der Waals surface area contributed by atoms with Crippen molar-refractivity contribution in [2.75, 3.05) is 19.5 Å². The quantitative estimate of drug-likeness (QED) is 0.679. The molecular weight excluding hydrogens is 350 g/mol. The number of benzene rings is 1. The van der Waals surface area contributed by atoms with Crippen LogP contribution in [0.4, 0.5) is 5.82 Å². The zero-order valence-electron chi connectivity index (χ0n) is 14.7. The number of fused-ring (bicyclic) bond motifs is 1. The normalized spacial score (nSPS) is 19.3. The molecule has 27 heavy (non-hydrogen) atoms. The summed E-state index contributed by atoms with van der Waals surface area (Å²) >= 11 is 0. The molecule has 0 amide bonds. The third-order valence-corrected chi connectivity index (χ3v) is 4.42. The maximum atomic E-state index is 12.1. The van der Waals surface area contributed by atoms with Gasteiger partial charge in [0.1, 0.15) is 12.8 Å². The minimum absolute atomic E-state index is 0.174. The summed E-state index contributed by atoms with van der Waals surface area (Å²) in [6.45, 7) is 0.192. The zero-order valence-corrected chi connectivity index (χ0v) is 14.7. The second kappa shape index (κ2) is 7.20. The molecule has 0 spiro atoms. The first-order valence-electron chi connectivity index (χ1n) is 8.57. The van der Waals surface area contributed by atoms with Gasteiger partial charge in [0.05, 0.1) is 25.1 Å². The Kier molecular flexibility index (Phi) is 4.59. The minimum atomic E-state index is -0.360. The molecule has 3 aromatic rings. The van der Waals surface area contributed by atoms with Crippen molar-refractivity contribution >= 4 is 23.0 Å². The Hall–Kier alpha value is -3.20. The molecule has 1 fully saturated rings. The Labute approximate surface area is 155 Å². The lowest BCUT2D eigenvalue weighted by Gasteiger charge is -2.15. The van der Waals surface area contributed by atoms with Crippen LogP contribution in [0.3, 0.4) is 0 Å². The molecule has 0 bridgehead atoms. The van der Waals surface area contributed by atoms with E-state index >= 15 is 0 Å². The van der Waals surface area contributed by atoms with Gasteiger partial charge in [-0.15, -0.1) is 0 Å². The summed E-state index contributed by atoms with van der Waals surface area (Å²) in [7, 11) is 1.48. The number of nitrogens with two attached hydrogens (primary N) is 1. The Balaban J connectivity index is 1.43. The minimum Gasteiger partial charge on any atom is -0.467 e. The van der Waals surface area contributed by atoms with E-state index in [4.69, 9.17) is 19.9 Å². The third kappa shape index (κ3) is 3.41. The van der Waals surface area contributed by atoms with Crippen molar-refractivity contribution in [2.24, 2.45) is 0 Å². The molecule has 9 nitrogen and oxygen atoms in total. The van der Waals surface area contributed by atoms with Crippen LogP contribution in [0.25, 0.3) is 11.2 Å². The molecule has 0 aliphatic carbocycles. The number of esters is 1. The number of anilines is 1. The summed E-state index contributed by atoms with van der Waals surface area (Å²) in [5, 5.41) is 0. The molecule has 9 heteroatoms. The second-order valence-corrected chi connectivity index (χ2v) is 6.17. The molecule has 2 N–H and O–H groups in total. The van der Waals surface area contributed by atoms with E-state index < -0.39 is 0 Å². The number of rotatable bonds is 5. The van der Waals surface area contributed by atoms with Gasteiger partial charge in [-0.05, 0) is 25.0 Å². The Bertz CT molecular complexity index is 959. The van der Waals surface area contributed by atoms with Gasteiger partial charge in [-0.2, -0.15) is 9.97 Å². The van der Waals surface area contributed by atoms with Gasteiger partial charge in [0.2, 0.25) is 0 Å². The molecule has 1 saturated heterocycles. The van der Waals surface area contributed by atoms with Gasteiger partial charge in [0, 0.05) is 0 Å². The molecule has 1 unspecified atom stereocenters. The second-order valence-electron chi connectivity index (χ2n) is 6.17. The van der Waals surface area contributed by atoms with Gasteiger partial charge in [-0.1, -0.05) is 18.2 Å². The topological polar surface area (TPSA) is 114 Å². The summed E-state index contributed by atoms with van der Waals surface area (Å²) < 4.78 is 18.3. The van der Waals surface area contributed by atoms with E-state index in [2.05, 4.69) is 15.0 Å². The number of carbonyl (C=O) groups is 1. The predicted octanol–water partition coefficient (Wildman–Crippen LogP) is 1.95. The number of nitrogens with zero attached hydrogens (tertiary/aromatic N) is 4. The number of hydrogen-bond acceptors (Lipinski definition) is 8. The lowest BCUT2D eigenvalue weighted by atomic mass is 10.2. The van der Waals surface area contributed by atoms with E-state index in [1.165, 1.54) is 7.11 Å². The molecule has 4 rings (SSSR count). The van der Waals surface area contributed by atoms with Crippen LogP contribution in [0, 0.1) is 0 Å². The molecule has 1 aliphatic rings. The first-order chi connectivity index (χ1) is 13.2. The summed E-state index contributed by atoms with van der Waals surface area (Å²) in [6.07, 6.45) is 2.66. The third-order valence-electron chi connectivity index (χ3n) is 4.42. The average Bonchev–Trinajstić information content (AvgIpc) is 3.33. The maximum Gasteiger partial charge on any atom is 0.338 e. The van der Waals surface area contributed by atoms with Crippen LogP contribution in [-0.4, -0.2) is 45.3 Å². The largest absolute Gasteiger partial charge is 0.467 e. The fourth-order valence-corrected chi connectivity index (χ4v) is 3.06. The molecule has 140 valence electrons. The Morgan fingerprint density at radius 1 is 1.30 bits per heavy atom. The molecule has 2 aromatic heterocycles. The maximum absolute atomic E-state index is 12.1. The van der Waals surface area contributed by atoms with E-state index in [1.807, 2.05) is 6.07 Å². The summed E-state index contributed by atoms with van der Waals surface area (Å²) in [5.41, 5.74) is 7.47. The van der Waals surface area contributed by atoms with Crippen molar-refractivity contribution < 1.29 is 19.0 Å². The fraction of sp³-hybridized carbons (Fsp3) is 0.333. The van der Waals surface area contributed by atoms with E-state index in [-0.39, 0.29) is 36.7 Å². The van der Waals surface area contributed by atoms with Crippen molar-refractivity contribution in [3.05, 3.63) is 42.2 Å². The van der Waals surface area contributed by atoms with Crippen molar-refractivity contribution in [1.29, 1.82) is 0 Å². The Morgan fingerprint density at radius 2 is 2.11 bits per heavy atom. The average molecular weight is 369 g/mol. The predicted molar refractivity (Wildman–Crippen MR) is 96.2 cm³/mol. The smallest absolute Gasteiger partial charge is 0.338 e. The Morgan fingerprint density at radius 3 is 2.89 bits per heavy atom. The molecule has 0 radical (unpaired) electrons. The first kappa shape index (κ1) is 17.2. The van der Waals surface area contributed by atoms with E-state index in [0.29, 0.717) is 16.7 Å². The SMILES string of the molecule is COc1nc(N)c2ncn(C3CC[C@@H](COC(=O)c4ccccc4)O3)c2n1. The summed E-state index contributed by atoms with van der Waals surface area (Å²) in [5.74, 6) is -0.108. The molecule has 1 aromatic carbocycles. The van der Waals surface area contributed by atoms with Gasteiger partial charge in [0.15, 0.2) is 17.0 Å². The summed E-state index contributed by atoms with van der Waals surface area (Å²) in [6, 6.07) is 9.05. The van der Waals surface area contributed by atoms with E-state index in [0.717, 1.165) is 12.8 Å². The highest BCUT2D eigenvalue weighted by atomic mass is 16.6. The van der Waals surface area contributed by atoms with Crippen molar-refractivity contribution in [1.82, 2.24) is 19.5 Å². The highest BCUT2D eigenvalue weighted by Crippen LogP contribution is 2.32. The van der Waals surface area contributed by atoms with Crippen LogP contribution in [-0.2, 0) is 9.47 Å². The van der Waals surface area contributed by atoms with Crippen LogP contribution in [0.2, 0.25) is 0 Å². The number of methoxy groups -OCH3 is 1. The van der Waals surface area contributed by atoms with Gasteiger partial charge < -0.3 is 19.9 Å². The van der Waals surface area contributed by atoms with Gasteiger partial charge >= 0.3 is 12.0 Å². The highest BCUT2D eigenvalue weighted by Gasteiger charge is 2.29. The van der Waals surface area contributed by atoms with Crippen LogP contribution in [0.1, 0.15) is 29.4 Å². The van der Waals surface area contributed by atoms with Crippen LogP contribution < -0.4 is 10.5 Å². The number of nitrogen functional groups attached to an aromatic ring is 1. The fourth-order valence-electron chi connectivity index (χ4n) is 3.06. The first-order valence-corrected chi connectivity index (χ1v) is 8.57. The monoisotopic (exact) mass is 369 g/mol.